The van der Waals surface area contributed by atoms with Gasteiger partial charge < -0.3 is 15.0 Å². The fourth-order valence-electron chi connectivity index (χ4n) is 1.81. The van der Waals surface area contributed by atoms with Crippen molar-refractivity contribution in [2.75, 3.05) is 13.2 Å². The van der Waals surface area contributed by atoms with Gasteiger partial charge in [-0.25, -0.2) is 4.98 Å². The van der Waals surface area contributed by atoms with E-state index in [9.17, 15) is 0 Å². The molecule has 0 aliphatic heterocycles. The van der Waals surface area contributed by atoms with E-state index >= 15 is 0 Å². The third kappa shape index (κ3) is 3.60. The molecule has 0 unspecified atom stereocenters. The van der Waals surface area contributed by atoms with Gasteiger partial charge in [-0.3, -0.25) is 0 Å². The Labute approximate surface area is 107 Å². The smallest absolute Gasteiger partial charge is 0.119 e. The molecule has 0 amide bonds. The molecule has 0 spiro atoms. The van der Waals surface area contributed by atoms with Gasteiger partial charge in [-0.05, 0) is 25.1 Å². The van der Waals surface area contributed by atoms with Crippen LogP contribution in [0, 0.1) is 0 Å². The Kier molecular flexibility index (Phi) is 4.78. The maximum Gasteiger partial charge on any atom is 0.119 e. The molecule has 2 N–H and O–H groups in total. The highest BCUT2D eigenvalue weighted by Gasteiger charge is 2.02. The Morgan fingerprint density at radius 1 is 1.22 bits per heavy atom. The summed E-state index contributed by atoms with van der Waals surface area (Å²) in [5.41, 5.74) is 5.51. The van der Waals surface area contributed by atoms with E-state index in [1.54, 1.807) is 0 Å². The van der Waals surface area contributed by atoms with Crippen LogP contribution < -0.4 is 10.5 Å². The Bertz CT molecular complexity index is 453. The standard InChI is InChI=1S/C14H19N3O/c15-8-4-10-17-11-9-16-14(17)7-12-18-13-5-2-1-3-6-13/h1-3,5-6,9,11H,4,7-8,10,12,15H2. The molecule has 0 aliphatic rings. The molecule has 0 fully saturated rings. The van der Waals surface area contributed by atoms with Crippen molar-refractivity contribution in [3.8, 4) is 5.75 Å². The van der Waals surface area contributed by atoms with Crippen LogP contribution in [0.15, 0.2) is 42.7 Å². The average molecular weight is 245 g/mol. The van der Waals surface area contributed by atoms with Crippen LogP contribution in [0.2, 0.25) is 0 Å². The summed E-state index contributed by atoms with van der Waals surface area (Å²) < 4.78 is 7.80. The molecule has 0 saturated carbocycles. The number of hydrogen-bond donors (Lipinski definition) is 1. The molecule has 4 nitrogen and oxygen atoms in total. The molecular weight excluding hydrogens is 226 g/mol. The number of para-hydroxylation sites is 1. The number of rotatable bonds is 7. The van der Waals surface area contributed by atoms with Crippen LogP contribution in [0.1, 0.15) is 12.2 Å². The van der Waals surface area contributed by atoms with E-state index in [4.69, 9.17) is 10.5 Å². The highest BCUT2D eigenvalue weighted by Crippen LogP contribution is 2.09. The Hall–Kier alpha value is -1.81. The number of benzene rings is 1. The van der Waals surface area contributed by atoms with E-state index in [0.717, 1.165) is 31.0 Å². The molecule has 0 saturated heterocycles. The molecule has 96 valence electrons. The first-order chi connectivity index (χ1) is 8.90. The van der Waals surface area contributed by atoms with Gasteiger partial charge in [0.05, 0.1) is 6.61 Å². The topological polar surface area (TPSA) is 53.1 Å². The molecule has 2 rings (SSSR count). The zero-order valence-electron chi connectivity index (χ0n) is 10.5. The van der Waals surface area contributed by atoms with E-state index in [2.05, 4.69) is 9.55 Å². The molecule has 1 aromatic carbocycles. The highest BCUT2D eigenvalue weighted by molar-refractivity contribution is 5.20. The van der Waals surface area contributed by atoms with Gasteiger partial charge in [-0.1, -0.05) is 18.2 Å². The van der Waals surface area contributed by atoms with Gasteiger partial charge in [0.15, 0.2) is 0 Å². The fraction of sp³-hybridized carbons (Fsp3) is 0.357. The van der Waals surface area contributed by atoms with E-state index < -0.39 is 0 Å². The molecule has 18 heavy (non-hydrogen) atoms. The van der Waals surface area contributed by atoms with E-state index in [-0.39, 0.29) is 0 Å². The lowest BCUT2D eigenvalue weighted by molar-refractivity contribution is 0.316. The van der Waals surface area contributed by atoms with Gasteiger partial charge in [0.1, 0.15) is 11.6 Å². The van der Waals surface area contributed by atoms with Crippen LogP contribution in [-0.4, -0.2) is 22.7 Å². The summed E-state index contributed by atoms with van der Waals surface area (Å²) in [6, 6.07) is 9.84. The second kappa shape index (κ2) is 6.81. The largest absolute Gasteiger partial charge is 0.493 e. The van der Waals surface area contributed by atoms with Gasteiger partial charge in [-0.2, -0.15) is 0 Å². The Morgan fingerprint density at radius 3 is 2.83 bits per heavy atom. The Balaban J connectivity index is 1.81. The third-order valence-corrected chi connectivity index (χ3v) is 2.74. The lowest BCUT2D eigenvalue weighted by Gasteiger charge is -2.08. The Morgan fingerprint density at radius 2 is 2.06 bits per heavy atom. The number of aromatic nitrogens is 2. The van der Waals surface area contributed by atoms with Crippen LogP contribution in [0.3, 0.4) is 0 Å². The highest BCUT2D eigenvalue weighted by atomic mass is 16.5. The minimum absolute atomic E-state index is 0.643. The molecule has 4 heteroatoms. The summed E-state index contributed by atoms with van der Waals surface area (Å²) in [5, 5.41) is 0. The number of aryl methyl sites for hydroxylation is 1. The molecule has 0 bridgehead atoms. The lowest BCUT2D eigenvalue weighted by atomic mass is 10.3. The van der Waals surface area contributed by atoms with Crippen molar-refractivity contribution < 1.29 is 4.74 Å². The van der Waals surface area contributed by atoms with Crippen LogP contribution in [0.4, 0.5) is 0 Å². The SMILES string of the molecule is NCCCn1ccnc1CCOc1ccccc1. The number of ether oxygens (including phenoxy) is 1. The van der Waals surface area contributed by atoms with Crippen molar-refractivity contribution in [1.29, 1.82) is 0 Å². The van der Waals surface area contributed by atoms with E-state index in [1.165, 1.54) is 0 Å². The quantitative estimate of drug-likeness (QED) is 0.810. The van der Waals surface area contributed by atoms with Crippen LogP contribution in [-0.2, 0) is 13.0 Å². The van der Waals surface area contributed by atoms with Crippen molar-refractivity contribution in [3.63, 3.8) is 0 Å². The van der Waals surface area contributed by atoms with Crippen LogP contribution >= 0.6 is 0 Å². The van der Waals surface area contributed by atoms with Gasteiger partial charge in [0.2, 0.25) is 0 Å². The lowest BCUT2D eigenvalue weighted by Crippen LogP contribution is -2.11. The summed E-state index contributed by atoms with van der Waals surface area (Å²) in [7, 11) is 0. The normalized spacial score (nSPS) is 10.5. The van der Waals surface area contributed by atoms with Crippen molar-refractivity contribution in [1.82, 2.24) is 9.55 Å². The van der Waals surface area contributed by atoms with E-state index in [0.29, 0.717) is 13.2 Å². The fourth-order valence-corrected chi connectivity index (χ4v) is 1.81. The van der Waals surface area contributed by atoms with Crippen LogP contribution in [0.5, 0.6) is 5.75 Å². The van der Waals surface area contributed by atoms with Gasteiger partial charge in [0, 0.05) is 25.4 Å². The molecule has 2 aromatic rings. The number of hydrogen-bond acceptors (Lipinski definition) is 3. The maximum absolute atomic E-state index is 5.66. The van der Waals surface area contributed by atoms with Crippen LogP contribution in [0.25, 0.3) is 0 Å². The first-order valence-corrected chi connectivity index (χ1v) is 6.28. The van der Waals surface area contributed by atoms with Crippen molar-refractivity contribution in [2.45, 2.75) is 19.4 Å². The minimum atomic E-state index is 0.643. The molecule has 0 aliphatic carbocycles. The van der Waals surface area contributed by atoms with E-state index in [1.807, 2.05) is 42.7 Å². The zero-order chi connectivity index (χ0) is 12.6. The summed E-state index contributed by atoms with van der Waals surface area (Å²) in [6.07, 6.45) is 5.61. The summed E-state index contributed by atoms with van der Waals surface area (Å²) in [6.45, 7) is 2.28. The van der Waals surface area contributed by atoms with Crippen molar-refractivity contribution >= 4 is 0 Å². The first-order valence-electron chi connectivity index (χ1n) is 6.28. The summed E-state index contributed by atoms with van der Waals surface area (Å²) >= 11 is 0. The molecule has 1 aromatic heterocycles. The second-order valence-corrected chi connectivity index (χ2v) is 4.09. The van der Waals surface area contributed by atoms with Crippen molar-refractivity contribution in [2.24, 2.45) is 5.73 Å². The van der Waals surface area contributed by atoms with Gasteiger partial charge in [-0.15, -0.1) is 0 Å². The number of imidazole rings is 1. The van der Waals surface area contributed by atoms with Gasteiger partial charge in [0.25, 0.3) is 0 Å². The second-order valence-electron chi connectivity index (χ2n) is 4.09. The predicted molar refractivity (Wildman–Crippen MR) is 71.5 cm³/mol. The van der Waals surface area contributed by atoms with Crippen molar-refractivity contribution in [3.05, 3.63) is 48.5 Å². The maximum atomic E-state index is 5.66. The molecule has 0 radical (unpaired) electrons. The average Bonchev–Trinajstić information content (AvgIpc) is 2.85. The zero-order valence-corrected chi connectivity index (χ0v) is 10.5. The summed E-state index contributed by atoms with van der Waals surface area (Å²) in [5.74, 6) is 1.96. The predicted octanol–water partition coefficient (Wildman–Crippen LogP) is 1.85. The number of nitrogens with zero attached hydrogens (tertiary/aromatic N) is 2. The number of nitrogens with two attached hydrogens (primary N) is 1. The molecule has 1 heterocycles. The summed E-state index contributed by atoms with van der Waals surface area (Å²) in [4.78, 5) is 4.34. The van der Waals surface area contributed by atoms with Gasteiger partial charge >= 0.3 is 0 Å². The monoisotopic (exact) mass is 245 g/mol. The molecule has 0 atom stereocenters. The minimum Gasteiger partial charge on any atom is -0.493 e. The molecular formula is C14H19N3O. The third-order valence-electron chi connectivity index (χ3n) is 2.74. The first kappa shape index (κ1) is 12.6.